The molecule has 0 saturated carbocycles. The van der Waals surface area contributed by atoms with Crippen molar-refractivity contribution in [3.8, 4) is 5.75 Å². The summed E-state index contributed by atoms with van der Waals surface area (Å²) in [6, 6.07) is 12.4. The van der Waals surface area contributed by atoms with Gasteiger partial charge in [-0.15, -0.1) is 0 Å². The molecule has 0 aliphatic carbocycles. The molecule has 2 N–H and O–H groups in total. The number of hydrogen-bond acceptors (Lipinski definition) is 3. The first-order chi connectivity index (χ1) is 10.2. The fourth-order valence-electron chi connectivity index (χ4n) is 1.88. The Morgan fingerprint density at radius 3 is 2.62 bits per heavy atom. The Hall–Kier alpha value is -1.98. The normalized spacial score (nSPS) is 12.1. The third-order valence-corrected chi connectivity index (χ3v) is 2.95. The molecule has 0 saturated heterocycles. The van der Waals surface area contributed by atoms with Crippen molar-refractivity contribution in [3.05, 3.63) is 65.7 Å². The smallest absolute Gasteiger partial charge is 0.129 e. The lowest BCUT2D eigenvalue weighted by atomic mass is 10.1. The zero-order valence-electron chi connectivity index (χ0n) is 11.4. The van der Waals surface area contributed by atoms with Crippen LogP contribution in [0, 0.1) is 11.6 Å². The Kier molecular flexibility index (Phi) is 5.66. The van der Waals surface area contributed by atoms with Gasteiger partial charge in [-0.05, 0) is 30.3 Å². The van der Waals surface area contributed by atoms with E-state index in [9.17, 15) is 13.9 Å². The van der Waals surface area contributed by atoms with Gasteiger partial charge in [0.25, 0.3) is 0 Å². The number of aliphatic hydroxyl groups excluding tert-OH is 1. The molecule has 0 aliphatic rings. The number of halogens is 2. The maximum atomic E-state index is 13.4. The van der Waals surface area contributed by atoms with Crippen molar-refractivity contribution in [2.75, 3.05) is 19.7 Å². The van der Waals surface area contributed by atoms with Gasteiger partial charge in [-0.25, -0.2) is 8.78 Å². The van der Waals surface area contributed by atoms with E-state index in [1.54, 1.807) is 0 Å². The molecule has 2 aromatic rings. The molecule has 0 radical (unpaired) electrons. The van der Waals surface area contributed by atoms with Crippen molar-refractivity contribution in [1.82, 2.24) is 5.32 Å². The van der Waals surface area contributed by atoms with Crippen LogP contribution in [0.25, 0.3) is 0 Å². The standard InChI is InChI=1S/C16H17F2NO2/c17-12-6-7-15(18)14(10-12)16(20)11-19-8-9-21-13-4-2-1-3-5-13/h1-7,10,16,19-20H,8-9,11H2. The van der Waals surface area contributed by atoms with E-state index in [2.05, 4.69) is 5.32 Å². The Morgan fingerprint density at radius 1 is 1.10 bits per heavy atom. The van der Waals surface area contributed by atoms with Crippen molar-refractivity contribution in [1.29, 1.82) is 0 Å². The molecule has 0 fully saturated rings. The summed E-state index contributed by atoms with van der Waals surface area (Å²) in [6.45, 7) is 1.03. The summed E-state index contributed by atoms with van der Waals surface area (Å²) in [5, 5.41) is 12.8. The van der Waals surface area contributed by atoms with Crippen LogP contribution in [0.15, 0.2) is 48.5 Å². The molecule has 0 spiro atoms. The van der Waals surface area contributed by atoms with Crippen LogP contribution in [0.4, 0.5) is 8.78 Å². The van der Waals surface area contributed by atoms with E-state index in [4.69, 9.17) is 4.74 Å². The van der Waals surface area contributed by atoms with Crippen molar-refractivity contribution in [2.45, 2.75) is 6.10 Å². The van der Waals surface area contributed by atoms with Crippen LogP contribution in [0.3, 0.4) is 0 Å². The number of nitrogens with one attached hydrogen (secondary N) is 1. The molecular weight excluding hydrogens is 276 g/mol. The monoisotopic (exact) mass is 293 g/mol. The maximum Gasteiger partial charge on any atom is 0.129 e. The van der Waals surface area contributed by atoms with Gasteiger partial charge in [-0.3, -0.25) is 0 Å². The van der Waals surface area contributed by atoms with Gasteiger partial charge in [0.15, 0.2) is 0 Å². The van der Waals surface area contributed by atoms with Crippen LogP contribution in [0.1, 0.15) is 11.7 Å². The minimum Gasteiger partial charge on any atom is -0.492 e. The van der Waals surface area contributed by atoms with Crippen molar-refractivity contribution in [2.24, 2.45) is 0 Å². The summed E-state index contributed by atoms with van der Waals surface area (Å²) in [5.74, 6) is -0.430. The number of aliphatic hydroxyl groups is 1. The van der Waals surface area contributed by atoms with Gasteiger partial charge in [0.1, 0.15) is 24.0 Å². The zero-order valence-corrected chi connectivity index (χ0v) is 11.4. The van der Waals surface area contributed by atoms with Crippen LogP contribution >= 0.6 is 0 Å². The third-order valence-electron chi connectivity index (χ3n) is 2.95. The molecule has 2 rings (SSSR count). The van der Waals surface area contributed by atoms with Gasteiger partial charge in [0, 0.05) is 18.7 Å². The molecule has 3 nitrogen and oxygen atoms in total. The molecule has 2 aromatic carbocycles. The number of benzene rings is 2. The highest BCUT2D eigenvalue weighted by Gasteiger charge is 2.13. The van der Waals surface area contributed by atoms with E-state index in [0.29, 0.717) is 13.2 Å². The van der Waals surface area contributed by atoms with Crippen LogP contribution in [0.2, 0.25) is 0 Å². The topological polar surface area (TPSA) is 41.5 Å². The highest BCUT2D eigenvalue weighted by atomic mass is 19.1. The van der Waals surface area contributed by atoms with Gasteiger partial charge in [0.2, 0.25) is 0 Å². The molecule has 1 unspecified atom stereocenters. The largest absolute Gasteiger partial charge is 0.492 e. The quantitative estimate of drug-likeness (QED) is 0.771. The Balaban J connectivity index is 1.72. The minimum atomic E-state index is -1.10. The van der Waals surface area contributed by atoms with Crippen LogP contribution in [-0.4, -0.2) is 24.8 Å². The summed E-state index contributed by atoms with van der Waals surface area (Å²) < 4.78 is 31.9. The summed E-state index contributed by atoms with van der Waals surface area (Å²) >= 11 is 0. The second kappa shape index (κ2) is 7.71. The summed E-state index contributed by atoms with van der Waals surface area (Å²) in [4.78, 5) is 0. The first kappa shape index (κ1) is 15.4. The summed E-state index contributed by atoms with van der Waals surface area (Å²) in [5.41, 5.74) is -0.0496. The third kappa shape index (κ3) is 4.81. The minimum absolute atomic E-state index is 0.0496. The van der Waals surface area contributed by atoms with Gasteiger partial charge in [-0.2, -0.15) is 0 Å². The Labute approximate surface area is 122 Å². The molecule has 112 valence electrons. The average Bonchev–Trinajstić information content (AvgIpc) is 2.50. The average molecular weight is 293 g/mol. The summed E-state index contributed by atoms with van der Waals surface area (Å²) in [7, 11) is 0. The number of ether oxygens (including phenoxy) is 1. The SMILES string of the molecule is OC(CNCCOc1ccccc1)c1cc(F)ccc1F. The lowest BCUT2D eigenvalue weighted by Crippen LogP contribution is -2.26. The highest BCUT2D eigenvalue weighted by molar-refractivity contribution is 5.22. The van der Waals surface area contributed by atoms with Gasteiger partial charge in [0.05, 0.1) is 6.10 Å². The van der Waals surface area contributed by atoms with Crippen molar-refractivity contribution >= 4 is 0 Å². The van der Waals surface area contributed by atoms with E-state index in [-0.39, 0.29) is 12.1 Å². The highest BCUT2D eigenvalue weighted by Crippen LogP contribution is 2.17. The van der Waals surface area contributed by atoms with Gasteiger partial charge >= 0.3 is 0 Å². The molecule has 0 heterocycles. The predicted molar refractivity (Wildman–Crippen MR) is 76.1 cm³/mol. The maximum absolute atomic E-state index is 13.4. The Morgan fingerprint density at radius 2 is 1.86 bits per heavy atom. The van der Waals surface area contributed by atoms with E-state index < -0.39 is 17.7 Å². The molecule has 0 aromatic heterocycles. The molecule has 21 heavy (non-hydrogen) atoms. The molecule has 5 heteroatoms. The van der Waals surface area contributed by atoms with E-state index in [0.717, 1.165) is 23.9 Å². The first-order valence-corrected chi connectivity index (χ1v) is 6.68. The number of hydrogen-bond donors (Lipinski definition) is 2. The molecule has 0 aliphatic heterocycles. The number of rotatable bonds is 7. The van der Waals surface area contributed by atoms with Crippen molar-refractivity contribution in [3.63, 3.8) is 0 Å². The fraction of sp³-hybridized carbons (Fsp3) is 0.250. The number of para-hydroxylation sites is 1. The van der Waals surface area contributed by atoms with Gasteiger partial charge < -0.3 is 15.2 Å². The first-order valence-electron chi connectivity index (χ1n) is 6.68. The molecule has 0 bridgehead atoms. The lowest BCUT2D eigenvalue weighted by molar-refractivity contribution is 0.167. The predicted octanol–water partition coefficient (Wildman–Crippen LogP) is 2.67. The zero-order chi connectivity index (χ0) is 15.1. The second-order valence-corrected chi connectivity index (χ2v) is 4.55. The van der Waals surface area contributed by atoms with Crippen LogP contribution < -0.4 is 10.1 Å². The van der Waals surface area contributed by atoms with E-state index in [1.165, 1.54) is 0 Å². The molecule has 0 amide bonds. The summed E-state index contributed by atoms with van der Waals surface area (Å²) in [6.07, 6.45) is -1.10. The van der Waals surface area contributed by atoms with Crippen LogP contribution in [0.5, 0.6) is 5.75 Å². The molecule has 1 atom stereocenters. The second-order valence-electron chi connectivity index (χ2n) is 4.55. The van der Waals surface area contributed by atoms with Crippen molar-refractivity contribution < 1.29 is 18.6 Å². The van der Waals surface area contributed by atoms with E-state index >= 15 is 0 Å². The lowest BCUT2D eigenvalue weighted by Gasteiger charge is -2.13. The Bertz CT molecular complexity index is 563. The van der Waals surface area contributed by atoms with Gasteiger partial charge in [-0.1, -0.05) is 18.2 Å². The van der Waals surface area contributed by atoms with E-state index in [1.807, 2.05) is 30.3 Å². The van der Waals surface area contributed by atoms with Crippen LogP contribution in [-0.2, 0) is 0 Å². The fourth-order valence-corrected chi connectivity index (χ4v) is 1.88. The molecular formula is C16H17F2NO2.